The van der Waals surface area contributed by atoms with Gasteiger partial charge in [0.1, 0.15) is 11.3 Å². The Balaban J connectivity index is 2.17. The standard InChI is InChI=1S/C15H14N2O2/c1-9-6-11(16)8-13-14(9)19-15(17-13)10-4-3-5-12(7-10)18-2/h3-8H,16H2,1-2H3. The van der Waals surface area contributed by atoms with Crippen molar-refractivity contribution in [2.24, 2.45) is 0 Å². The van der Waals surface area contributed by atoms with E-state index >= 15 is 0 Å². The summed E-state index contributed by atoms with van der Waals surface area (Å²) in [5.74, 6) is 1.35. The third kappa shape index (κ3) is 2.01. The first kappa shape index (κ1) is 11.6. The molecule has 0 atom stereocenters. The summed E-state index contributed by atoms with van der Waals surface area (Å²) in [5, 5.41) is 0. The van der Waals surface area contributed by atoms with E-state index in [-0.39, 0.29) is 0 Å². The number of oxazole rings is 1. The molecule has 0 aliphatic rings. The molecule has 0 aliphatic carbocycles. The van der Waals surface area contributed by atoms with Crippen molar-refractivity contribution in [3.05, 3.63) is 42.0 Å². The Kier molecular flexibility index (Phi) is 2.63. The number of aryl methyl sites for hydroxylation is 1. The molecule has 3 aromatic rings. The van der Waals surface area contributed by atoms with Crippen LogP contribution in [0.1, 0.15) is 5.56 Å². The van der Waals surface area contributed by atoms with Gasteiger partial charge in [-0.25, -0.2) is 4.98 Å². The van der Waals surface area contributed by atoms with E-state index in [9.17, 15) is 0 Å². The van der Waals surface area contributed by atoms with Crippen LogP contribution >= 0.6 is 0 Å². The Bertz CT molecular complexity index is 747. The number of nitrogens with zero attached hydrogens (tertiary/aromatic N) is 1. The number of aromatic nitrogens is 1. The Labute approximate surface area is 110 Å². The normalized spacial score (nSPS) is 10.8. The maximum Gasteiger partial charge on any atom is 0.227 e. The van der Waals surface area contributed by atoms with Gasteiger partial charge in [-0.2, -0.15) is 0 Å². The highest BCUT2D eigenvalue weighted by Crippen LogP contribution is 2.29. The van der Waals surface area contributed by atoms with E-state index < -0.39 is 0 Å². The number of fused-ring (bicyclic) bond motifs is 1. The molecule has 4 nitrogen and oxygen atoms in total. The lowest BCUT2D eigenvalue weighted by atomic mass is 10.2. The lowest BCUT2D eigenvalue weighted by Crippen LogP contribution is -1.85. The summed E-state index contributed by atoms with van der Waals surface area (Å²) in [6.07, 6.45) is 0. The molecule has 0 radical (unpaired) electrons. The van der Waals surface area contributed by atoms with Crippen molar-refractivity contribution < 1.29 is 9.15 Å². The van der Waals surface area contributed by atoms with Gasteiger partial charge in [0.05, 0.1) is 7.11 Å². The Hall–Kier alpha value is -2.49. The van der Waals surface area contributed by atoms with Crippen LogP contribution in [0.2, 0.25) is 0 Å². The zero-order valence-electron chi connectivity index (χ0n) is 10.8. The molecule has 0 unspecified atom stereocenters. The SMILES string of the molecule is COc1cccc(-c2nc3cc(N)cc(C)c3o2)c1. The van der Waals surface area contributed by atoms with Gasteiger partial charge in [0.2, 0.25) is 5.89 Å². The van der Waals surface area contributed by atoms with Gasteiger partial charge >= 0.3 is 0 Å². The van der Waals surface area contributed by atoms with Crippen LogP contribution in [0.5, 0.6) is 5.75 Å². The van der Waals surface area contributed by atoms with Gasteiger partial charge in [0, 0.05) is 11.3 Å². The lowest BCUT2D eigenvalue weighted by Gasteiger charge is -2.00. The zero-order chi connectivity index (χ0) is 13.4. The van der Waals surface area contributed by atoms with Crippen LogP contribution in [0.3, 0.4) is 0 Å². The minimum absolute atomic E-state index is 0.572. The second-order valence-electron chi connectivity index (χ2n) is 4.44. The molecule has 1 aromatic heterocycles. The van der Waals surface area contributed by atoms with Crippen LogP contribution in [0.25, 0.3) is 22.6 Å². The smallest absolute Gasteiger partial charge is 0.227 e. The molecular formula is C15H14N2O2. The number of rotatable bonds is 2. The third-order valence-corrected chi connectivity index (χ3v) is 3.01. The van der Waals surface area contributed by atoms with Crippen molar-refractivity contribution in [1.29, 1.82) is 0 Å². The first-order valence-corrected chi connectivity index (χ1v) is 5.98. The molecule has 0 aliphatic heterocycles. The number of nitrogen functional groups attached to an aromatic ring is 1. The summed E-state index contributed by atoms with van der Waals surface area (Å²) in [4.78, 5) is 4.48. The molecule has 1 heterocycles. The highest BCUT2D eigenvalue weighted by Gasteiger charge is 2.11. The molecule has 2 N–H and O–H groups in total. The van der Waals surface area contributed by atoms with Crippen LogP contribution in [0.4, 0.5) is 5.69 Å². The van der Waals surface area contributed by atoms with Gasteiger partial charge in [0.15, 0.2) is 5.58 Å². The molecule has 0 saturated carbocycles. The molecule has 96 valence electrons. The number of hydrogen-bond acceptors (Lipinski definition) is 4. The quantitative estimate of drug-likeness (QED) is 0.712. The summed E-state index contributed by atoms with van der Waals surface area (Å²) in [6.45, 7) is 1.96. The van der Waals surface area contributed by atoms with Crippen LogP contribution in [0.15, 0.2) is 40.8 Å². The highest BCUT2D eigenvalue weighted by molar-refractivity contribution is 5.82. The molecule has 2 aromatic carbocycles. The van der Waals surface area contributed by atoms with Gasteiger partial charge in [-0.15, -0.1) is 0 Å². The number of methoxy groups -OCH3 is 1. The molecule has 3 rings (SSSR count). The van der Waals surface area contributed by atoms with Gasteiger partial charge in [-0.1, -0.05) is 6.07 Å². The Morgan fingerprint density at radius 3 is 2.84 bits per heavy atom. The number of hydrogen-bond donors (Lipinski definition) is 1. The van der Waals surface area contributed by atoms with Gasteiger partial charge < -0.3 is 14.9 Å². The van der Waals surface area contributed by atoms with Gasteiger partial charge in [-0.3, -0.25) is 0 Å². The molecule has 19 heavy (non-hydrogen) atoms. The average molecular weight is 254 g/mol. The van der Waals surface area contributed by atoms with Crippen molar-refractivity contribution in [2.75, 3.05) is 12.8 Å². The summed E-state index contributed by atoms with van der Waals surface area (Å²) in [5.41, 5.74) is 9.92. The molecule has 0 fully saturated rings. The predicted octanol–water partition coefficient (Wildman–Crippen LogP) is 3.39. The van der Waals surface area contributed by atoms with E-state index in [4.69, 9.17) is 14.9 Å². The minimum atomic E-state index is 0.572. The maximum atomic E-state index is 5.82. The van der Waals surface area contributed by atoms with E-state index in [1.165, 1.54) is 0 Å². The van der Waals surface area contributed by atoms with Crippen molar-refractivity contribution in [3.8, 4) is 17.2 Å². The highest BCUT2D eigenvalue weighted by atomic mass is 16.5. The fourth-order valence-electron chi connectivity index (χ4n) is 2.11. The van der Waals surface area contributed by atoms with Crippen molar-refractivity contribution in [3.63, 3.8) is 0 Å². The van der Waals surface area contributed by atoms with Crippen molar-refractivity contribution in [1.82, 2.24) is 4.98 Å². The number of nitrogens with two attached hydrogens (primary N) is 1. The Morgan fingerprint density at radius 1 is 1.21 bits per heavy atom. The van der Waals surface area contributed by atoms with E-state index in [1.807, 2.05) is 43.3 Å². The van der Waals surface area contributed by atoms with Gasteiger partial charge in [-0.05, 0) is 42.8 Å². The molecule has 0 amide bonds. The maximum absolute atomic E-state index is 5.82. The first-order chi connectivity index (χ1) is 9.17. The third-order valence-electron chi connectivity index (χ3n) is 3.01. The fourth-order valence-corrected chi connectivity index (χ4v) is 2.11. The van der Waals surface area contributed by atoms with E-state index in [2.05, 4.69) is 4.98 Å². The van der Waals surface area contributed by atoms with Crippen LogP contribution in [-0.4, -0.2) is 12.1 Å². The van der Waals surface area contributed by atoms with Crippen molar-refractivity contribution in [2.45, 2.75) is 6.92 Å². The second-order valence-corrected chi connectivity index (χ2v) is 4.44. The van der Waals surface area contributed by atoms with E-state index in [0.717, 1.165) is 28.0 Å². The Morgan fingerprint density at radius 2 is 2.05 bits per heavy atom. The van der Waals surface area contributed by atoms with E-state index in [0.29, 0.717) is 11.6 Å². The van der Waals surface area contributed by atoms with E-state index in [1.54, 1.807) is 7.11 Å². The van der Waals surface area contributed by atoms with Crippen LogP contribution in [-0.2, 0) is 0 Å². The monoisotopic (exact) mass is 254 g/mol. The molecule has 0 bridgehead atoms. The topological polar surface area (TPSA) is 61.3 Å². The second kappa shape index (κ2) is 4.31. The molecule has 0 saturated heterocycles. The summed E-state index contributed by atoms with van der Waals surface area (Å²) in [7, 11) is 1.63. The summed E-state index contributed by atoms with van der Waals surface area (Å²) >= 11 is 0. The number of ether oxygens (including phenoxy) is 1. The first-order valence-electron chi connectivity index (χ1n) is 5.98. The predicted molar refractivity (Wildman–Crippen MR) is 75.1 cm³/mol. The lowest BCUT2D eigenvalue weighted by molar-refractivity contribution is 0.415. The summed E-state index contributed by atoms with van der Waals surface area (Å²) in [6, 6.07) is 11.3. The molecule has 4 heteroatoms. The van der Waals surface area contributed by atoms with Crippen LogP contribution < -0.4 is 10.5 Å². The number of benzene rings is 2. The van der Waals surface area contributed by atoms with Gasteiger partial charge in [0.25, 0.3) is 0 Å². The largest absolute Gasteiger partial charge is 0.497 e. The fraction of sp³-hybridized carbons (Fsp3) is 0.133. The number of anilines is 1. The molecule has 0 spiro atoms. The zero-order valence-corrected chi connectivity index (χ0v) is 10.8. The summed E-state index contributed by atoms with van der Waals surface area (Å²) < 4.78 is 11.0. The van der Waals surface area contributed by atoms with Crippen LogP contribution in [0, 0.1) is 6.92 Å². The average Bonchev–Trinajstić information content (AvgIpc) is 2.83. The van der Waals surface area contributed by atoms with Crippen molar-refractivity contribution >= 4 is 16.8 Å². The minimum Gasteiger partial charge on any atom is -0.497 e. The molecular weight excluding hydrogens is 240 g/mol.